The molecule has 0 bridgehead atoms. The SMILES string of the molecule is CCn1ccnc1CN1CCC(C2CC=CCN(Cc3ccc(F)cc3)C2=O)CC1. The maximum absolute atomic E-state index is 13.3. The summed E-state index contributed by atoms with van der Waals surface area (Å²) in [6, 6.07) is 6.46. The highest BCUT2D eigenvalue weighted by molar-refractivity contribution is 5.80. The van der Waals surface area contributed by atoms with Crippen LogP contribution in [0.25, 0.3) is 0 Å². The van der Waals surface area contributed by atoms with Crippen LogP contribution in [0, 0.1) is 17.7 Å². The summed E-state index contributed by atoms with van der Waals surface area (Å²) in [4.78, 5) is 22.2. The van der Waals surface area contributed by atoms with E-state index in [1.165, 1.54) is 12.1 Å². The first-order valence-corrected chi connectivity index (χ1v) is 11.0. The van der Waals surface area contributed by atoms with E-state index in [1.54, 1.807) is 12.1 Å². The predicted molar refractivity (Wildman–Crippen MR) is 115 cm³/mol. The Bertz CT molecular complexity index is 868. The van der Waals surface area contributed by atoms with Gasteiger partial charge in [0.2, 0.25) is 5.91 Å². The Morgan fingerprint density at radius 3 is 2.60 bits per heavy atom. The molecule has 1 atom stereocenters. The lowest BCUT2D eigenvalue weighted by molar-refractivity contribution is -0.137. The number of imidazole rings is 1. The van der Waals surface area contributed by atoms with Crippen LogP contribution in [-0.2, 0) is 24.4 Å². The molecule has 4 rings (SSSR count). The summed E-state index contributed by atoms with van der Waals surface area (Å²) in [6.07, 6.45) is 11.1. The van der Waals surface area contributed by atoms with Crippen LogP contribution >= 0.6 is 0 Å². The number of halogens is 1. The number of piperidine rings is 1. The van der Waals surface area contributed by atoms with Crippen molar-refractivity contribution in [3.63, 3.8) is 0 Å². The van der Waals surface area contributed by atoms with Gasteiger partial charge in [0.05, 0.1) is 6.54 Å². The minimum absolute atomic E-state index is 0.0453. The van der Waals surface area contributed by atoms with Gasteiger partial charge < -0.3 is 9.47 Å². The van der Waals surface area contributed by atoms with Crippen molar-refractivity contribution in [1.29, 1.82) is 0 Å². The van der Waals surface area contributed by atoms with Gasteiger partial charge in [0.25, 0.3) is 0 Å². The maximum Gasteiger partial charge on any atom is 0.226 e. The Morgan fingerprint density at radius 2 is 1.87 bits per heavy atom. The van der Waals surface area contributed by atoms with Gasteiger partial charge in [-0.2, -0.15) is 0 Å². The number of aryl methyl sites for hydroxylation is 1. The molecule has 30 heavy (non-hydrogen) atoms. The fourth-order valence-electron chi connectivity index (χ4n) is 4.71. The van der Waals surface area contributed by atoms with E-state index in [-0.39, 0.29) is 17.6 Å². The number of rotatable bonds is 6. The standard InChI is InChI=1S/C24H31FN4O/c1-2-28-16-12-26-23(28)18-27-14-10-20(11-15-27)22-5-3-4-13-29(24(22)30)17-19-6-8-21(25)9-7-19/h3-4,6-9,12,16,20,22H,2,5,10-11,13-15,17-18H2,1H3. The molecule has 0 spiro atoms. The van der Waals surface area contributed by atoms with Gasteiger partial charge in [0.15, 0.2) is 0 Å². The lowest BCUT2D eigenvalue weighted by Crippen LogP contribution is -2.42. The first-order chi connectivity index (χ1) is 14.6. The average Bonchev–Trinajstić information content (AvgIpc) is 3.13. The summed E-state index contributed by atoms with van der Waals surface area (Å²) in [6.45, 7) is 7.14. The van der Waals surface area contributed by atoms with E-state index in [1.807, 2.05) is 17.3 Å². The fraction of sp³-hybridized carbons (Fsp3) is 0.500. The number of allylic oxidation sites excluding steroid dienone is 1. The molecule has 0 radical (unpaired) electrons. The van der Waals surface area contributed by atoms with Crippen molar-refractivity contribution < 1.29 is 9.18 Å². The van der Waals surface area contributed by atoms with Crippen molar-refractivity contribution in [1.82, 2.24) is 19.4 Å². The summed E-state index contributed by atoms with van der Waals surface area (Å²) in [5, 5.41) is 0. The van der Waals surface area contributed by atoms with Crippen LogP contribution in [0.5, 0.6) is 0 Å². The third-order valence-electron chi connectivity index (χ3n) is 6.51. The molecule has 2 aliphatic rings. The van der Waals surface area contributed by atoms with Gasteiger partial charge in [0, 0.05) is 37.9 Å². The third-order valence-corrected chi connectivity index (χ3v) is 6.51. The molecule has 1 aromatic heterocycles. The Balaban J connectivity index is 1.35. The van der Waals surface area contributed by atoms with Crippen molar-refractivity contribution in [2.24, 2.45) is 11.8 Å². The number of carbonyl (C=O) groups excluding carboxylic acids is 1. The topological polar surface area (TPSA) is 41.4 Å². The van der Waals surface area contributed by atoms with Crippen LogP contribution < -0.4 is 0 Å². The number of carbonyl (C=O) groups is 1. The molecule has 1 fully saturated rings. The quantitative estimate of drug-likeness (QED) is 0.679. The summed E-state index contributed by atoms with van der Waals surface area (Å²) in [7, 11) is 0. The first kappa shape index (κ1) is 20.8. The van der Waals surface area contributed by atoms with Gasteiger partial charge in [-0.05, 0) is 62.9 Å². The second-order valence-corrected chi connectivity index (χ2v) is 8.40. The molecular weight excluding hydrogens is 379 g/mol. The molecule has 0 saturated carbocycles. The molecule has 2 aliphatic heterocycles. The van der Waals surface area contributed by atoms with Gasteiger partial charge >= 0.3 is 0 Å². The number of aromatic nitrogens is 2. The van der Waals surface area contributed by atoms with Crippen LogP contribution in [0.4, 0.5) is 4.39 Å². The molecule has 1 saturated heterocycles. The normalized spacial score (nSPS) is 21.2. The molecule has 1 aromatic carbocycles. The van der Waals surface area contributed by atoms with E-state index in [4.69, 9.17) is 0 Å². The van der Waals surface area contributed by atoms with Crippen LogP contribution in [0.15, 0.2) is 48.8 Å². The van der Waals surface area contributed by atoms with E-state index < -0.39 is 0 Å². The lowest BCUT2D eigenvalue weighted by Gasteiger charge is -2.36. The Labute approximate surface area is 178 Å². The number of nitrogens with zero attached hydrogens (tertiary/aromatic N) is 4. The summed E-state index contributed by atoms with van der Waals surface area (Å²) in [5.74, 6) is 1.58. The molecule has 5 nitrogen and oxygen atoms in total. The molecule has 3 heterocycles. The minimum Gasteiger partial charge on any atom is -0.334 e. The third kappa shape index (κ3) is 4.81. The zero-order chi connectivity index (χ0) is 20.9. The number of hydrogen-bond acceptors (Lipinski definition) is 3. The second kappa shape index (κ2) is 9.56. The highest BCUT2D eigenvalue weighted by Crippen LogP contribution is 2.31. The number of benzene rings is 1. The Morgan fingerprint density at radius 1 is 1.10 bits per heavy atom. The molecule has 6 heteroatoms. The molecule has 1 amide bonds. The first-order valence-electron chi connectivity index (χ1n) is 11.0. The van der Waals surface area contributed by atoms with Crippen molar-refractivity contribution in [2.45, 2.75) is 45.8 Å². The van der Waals surface area contributed by atoms with Crippen molar-refractivity contribution >= 4 is 5.91 Å². The number of hydrogen-bond donors (Lipinski definition) is 0. The van der Waals surface area contributed by atoms with Crippen LogP contribution in [-0.4, -0.2) is 44.9 Å². The summed E-state index contributed by atoms with van der Waals surface area (Å²) in [5.41, 5.74) is 0.972. The maximum atomic E-state index is 13.3. The van der Waals surface area contributed by atoms with Gasteiger partial charge in [0.1, 0.15) is 11.6 Å². The summed E-state index contributed by atoms with van der Waals surface area (Å²) >= 11 is 0. The van der Waals surface area contributed by atoms with Crippen molar-refractivity contribution in [3.8, 4) is 0 Å². The van der Waals surface area contributed by atoms with E-state index >= 15 is 0 Å². The van der Waals surface area contributed by atoms with E-state index in [2.05, 4.69) is 33.5 Å². The van der Waals surface area contributed by atoms with Crippen molar-refractivity contribution in [2.75, 3.05) is 19.6 Å². The van der Waals surface area contributed by atoms with Crippen LogP contribution in [0.2, 0.25) is 0 Å². The molecule has 0 aliphatic carbocycles. The highest BCUT2D eigenvalue weighted by Gasteiger charge is 2.34. The van der Waals surface area contributed by atoms with Crippen LogP contribution in [0.1, 0.15) is 37.6 Å². The zero-order valence-corrected chi connectivity index (χ0v) is 17.7. The highest BCUT2D eigenvalue weighted by atomic mass is 19.1. The van der Waals surface area contributed by atoms with Gasteiger partial charge in [-0.15, -0.1) is 0 Å². The second-order valence-electron chi connectivity index (χ2n) is 8.40. The number of amides is 1. The summed E-state index contributed by atoms with van der Waals surface area (Å²) < 4.78 is 15.4. The van der Waals surface area contributed by atoms with E-state index in [0.717, 1.165) is 56.8 Å². The predicted octanol–water partition coefficient (Wildman–Crippen LogP) is 3.86. The Kier molecular flexibility index (Phi) is 6.62. The minimum atomic E-state index is -0.244. The Hall–Kier alpha value is -2.47. The smallest absolute Gasteiger partial charge is 0.226 e. The largest absolute Gasteiger partial charge is 0.334 e. The lowest BCUT2D eigenvalue weighted by atomic mass is 9.81. The fourth-order valence-corrected chi connectivity index (χ4v) is 4.71. The molecular formula is C24H31FN4O. The van der Waals surface area contributed by atoms with Gasteiger partial charge in [-0.1, -0.05) is 24.3 Å². The van der Waals surface area contributed by atoms with Gasteiger partial charge in [-0.3, -0.25) is 9.69 Å². The molecule has 0 N–H and O–H groups in total. The monoisotopic (exact) mass is 410 g/mol. The zero-order valence-electron chi connectivity index (χ0n) is 17.7. The average molecular weight is 411 g/mol. The molecule has 1 unspecified atom stereocenters. The van der Waals surface area contributed by atoms with Crippen molar-refractivity contribution in [3.05, 3.63) is 66.0 Å². The molecule has 160 valence electrons. The number of likely N-dealkylation sites (tertiary alicyclic amines) is 1. The van der Waals surface area contributed by atoms with E-state index in [9.17, 15) is 9.18 Å². The van der Waals surface area contributed by atoms with Gasteiger partial charge in [-0.25, -0.2) is 9.37 Å². The van der Waals surface area contributed by atoms with E-state index in [0.29, 0.717) is 19.0 Å². The van der Waals surface area contributed by atoms with Crippen LogP contribution in [0.3, 0.4) is 0 Å². The molecule has 2 aromatic rings.